The highest BCUT2D eigenvalue weighted by Crippen LogP contribution is 2.44. The number of allylic oxidation sites excluding steroid dienone is 1. The molecule has 2 aromatic rings. The van der Waals surface area contributed by atoms with E-state index in [4.69, 9.17) is 38.4 Å². The molecule has 0 unspecified atom stereocenters. The molecule has 0 aliphatic carbocycles. The zero-order valence-corrected chi connectivity index (χ0v) is 16.4. The van der Waals surface area contributed by atoms with Crippen LogP contribution in [0.5, 0.6) is 0 Å². The SMILES string of the molecule is CCOC(=O)C1=C(c2ccc(Cl)cc2Cl)OC(N)=C(C#N)[C@@H]1c1ccccc1. The van der Waals surface area contributed by atoms with Gasteiger partial charge in [0.1, 0.15) is 17.4 Å². The minimum atomic E-state index is -0.749. The molecule has 0 bridgehead atoms. The van der Waals surface area contributed by atoms with Crippen LogP contribution in [0.3, 0.4) is 0 Å². The Bertz CT molecular complexity index is 1020. The first-order chi connectivity index (χ1) is 13.5. The monoisotopic (exact) mass is 414 g/mol. The zero-order valence-electron chi connectivity index (χ0n) is 14.9. The molecule has 0 fully saturated rings. The number of esters is 1. The summed E-state index contributed by atoms with van der Waals surface area (Å²) >= 11 is 12.3. The quantitative estimate of drug-likeness (QED) is 0.727. The van der Waals surface area contributed by atoms with Gasteiger partial charge in [-0.2, -0.15) is 5.26 Å². The van der Waals surface area contributed by atoms with Gasteiger partial charge < -0.3 is 15.2 Å². The van der Waals surface area contributed by atoms with E-state index in [1.165, 1.54) is 6.07 Å². The van der Waals surface area contributed by atoms with Gasteiger partial charge in [-0.15, -0.1) is 0 Å². The van der Waals surface area contributed by atoms with Gasteiger partial charge in [0.25, 0.3) is 0 Å². The number of nitrogens with zero attached hydrogens (tertiary/aromatic N) is 1. The second-order valence-electron chi connectivity index (χ2n) is 5.92. The molecular weight excluding hydrogens is 399 g/mol. The predicted molar refractivity (Wildman–Crippen MR) is 107 cm³/mol. The summed E-state index contributed by atoms with van der Waals surface area (Å²) in [4.78, 5) is 12.9. The van der Waals surface area contributed by atoms with Crippen LogP contribution in [0.25, 0.3) is 5.76 Å². The number of halogens is 2. The Kier molecular flexibility index (Phi) is 5.93. The minimum Gasteiger partial charge on any atom is -0.463 e. The lowest BCUT2D eigenvalue weighted by molar-refractivity contribution is -0.138. The lowest BCUT2D eigenvalue weighted by Gasteiger charge is -2.28. The van der Waals surface area contributed by atoms with Crippen LogP contribution >= 0.6 is 23.2 Å². The van der Waals surface area contributed by atoms with Crippen molar-refractivity contribution in [3.63, 3.8) is 0 Å². The van der Waals surface area contributed by atoms with Crippen LogP contribution < -0.4 is 5.73 Å². The van der Waals surface area contributed by atoms with Crippen LogP contribution in [0.4, 0.5) is 0 Å². The third-order valence-corrected chi connectivity index (χ3v) is 4.77. The van der Waals surface area contributed by atoms with Crippen molar-refractivity contribution in [3.05, 3.63) is 86.7 Å². The summed E-state index contributed by atoms with van der Waals surface area (Å²) in [6.07, 6.45) is 0. The molecule has 1 heterocycles. The van der Waals surface area contributed by atoms with Crippen molar-refractivity contribution >= 4 is 34.9 Å². The van der Waals surface area contributed by atoms with Crippen LogP contribution in [-0.4, -0.2) is 12.6 Å². The van der Waals surface area contributed by atoms with E-state index in [1.807, 2.05) is 18.2 Å². The molecule has 0 aromatic heterocycles. The maximum Gasteiger partial charge on any atom is 0.338 e. The van der Waals surface area contributed by atoms with E-state index in [0.717, 1.165) is 0 Å². The molecule has 1 aliphatic rings. The summed E-state index contributed by atoms with van der Waals surface area (Å²) in [7, 11) is 0. The van der Waals surface area contributed by atoms with E-state index in [0.29, 0.717) is 16.1 Å². The second kappa shape index (κ2) is 8.39. The van der Waals surface area contributed by atoms with Crippen LogP contribution in [-0.2, 0) is 14.3 Å². The molecule has 28 heavy (non-hydrogen) atoms. The Balaban J connectivity index is 2.31. The molecule has 0 saturated carbocycles. The second-order valence-corrected chi connectivity index (χ2v) is 6.77. The van der Waals surface area contributed by atoms with E-state index in [2.05, 4.69) is 6.07 Å². The molecule has 7 heteroatoms. The van der Waals surface area contributed by atoms with Gasteiger partial charge in [0.15, 0.2) is 0 Å². The van der Waals surface area contributed by atoms with Crippen molar-refractivity contribution in [1.29, 1.82) is 5.26 Å². The van der Waals surface area contributed by atoms with Gasteiger partial charge in [-0.05, 0) is 30.7 Å². The van der Waals surface area contributed by atoms with Crippen LogP contribution in [0.1, 0.15) is 24.0 Å². The van der Waals surface area contributed by atoms with Crippen molar-refractivity contribution in [2.45, 2.75) is 12.8 Å². The Morgan fingerprint density at radius 1 is 1.25 bits per heavy atom. The van der Waals surface area contributed by atoms with Crippen LogP contribution in [0.2, 0.25) is 10.0 Å². The molecule has 2 aromatic carbocycles. The first-order valence-corrected chi connectivity index (χ1v) is 9.22. The average Bonchev–Trinajstić information content (AvgIpc) is 2.68. The topological polar surface area (TPSA) is 85.3 Å². The summed E-state index contributed by atoms with van der Waals surface area (Å²) in [6, 6.07) is 15.9. The molecule has 1 aliphatic heterocycles. The third-order valence-electron chi connectivity index (χ3n) is 4.22. The highest BCUT2D eigenvalue weighted by molar-refractivity contribution is 6.35. The smallest absolute Gasteiger partial charge is 0.338 e. The zero-order chi connectivity index (χ0) is 20.3. The van der Waals surface area contributed by atoms with Gasteiger partial charge in [-0.3, -0.25) is 0 Å². The molecule has 1 atom stereocenters. The summed E-state index contributed by atoms with van der Waals surface area (Å²) < 4.78 is 11.0. The summed E-state index contributed by atoms with van der Waals surface area (Å²) in [5.74, 6) is -1.31. The van der Waals surface area contributed by atoms with Crippen molar-refractivity contribution in [1.82, 2.24) is 0 Å². The maximum atomic E-state index is 12.9. The van der Waals surface area contributed by atoms with Crippen LogP contribution in [0.15, 0.2) is 65.6 Å². The maximum absolute atomic E-state index is 12.9. The number of benzene rings is 2. The first-order valence-electron chi connectivity index (χ1n) is 8.47. The van der Waals surface area contributed by atoms with E-state index in [1.54, 1.807) is 31.2 Å². The Hall–Kier alpha value is -2.94. The summed E-state index contributed by atoms with van der Waals surface area (Å²) in [5.41, 5.74) is 7.45. The lowest BCUT2D eigenvalue weighted by Crippen LogP contribution is -2.26. The Labute approximate surface area is 172 Å². The first kappa shape index (κ1) is 19.8. The average molecular weight is 415 g/mol. The third kappa shape index (κ3) is 3.70. The number of carbonyl (C=O) groups excluding carboxylic acids is 1. The molecule has 0 radical (unpaired) electrons. The van der Waals surface area contributed by atoms with Crippen molar-refractivity contribution < 1.29 is 14.3 Å². The van der Waals surface area contributed by atoms with E-state index in [-0.39, 0.29) is 34.4 Å². The number of nitrogens with two attached hydrogens (primary N) is 1. The molecule has 0 spiro atoms. The van der Waals surface area contributed by atoms with Gasteiger partial charge >= 0.3 is 5.97 Å². The number of rotatable bonds is 4. The molecule has 3 rings (SSSR count). The Morgan fingerprint density at radius 2 is 1.96 bits per heavy atom. The fourth-order valence-corrected chi connectivity index (χ4v) is 3.52. The van der Waals surface area contributed by atoms with Crippen molar-refractivity contribution in [2.75, 3.05) is 6.61 Å². The van der Waals surface area contributed by atoms with Gasteiger partial charge in [0.05, 0.1) is 23.1 Å². The number of carbonyl (C=O) groups is 1. The van der Waals surface area contributed by atoms with Crippen molar-refractivity contribution in [2.24, 2.45) is 5.73 Å². The van der Waals surface area contributed by atoms with E-state index >= 15 is 0 Å². The number of nitriles is 1. The fraction of sp³-hybridized carbons (Fsp3) is 0.143. The minimum absolute atomic E-state index is 0.0922. The largest absolute Gasteiger partial charge is 0.463 e. The molecule has 0 amide bonds. The summed E-state index contributed by atoms with van der Waals surface area (Å²) in [5, 5.41) is 10.4. The van der Waals surface area contributed by atoms with Gasteiger partial charge in [-0.1, -0.05) is 53.5 Å². The number of hydrogen-bond acceptors (Lipinski definition) is 5. The van der Waals surface area contributed by atoms with Gasteiger partial charge in [0, 0.05) is 10.6 Å². The molecule has 5 nitrogen and oxygen atoms in total. The standard InChI is InChI=1S/C21H16Cl2N2O3/c1-2-27-21(26)18-17(12-6-4-3-5-7-12)15(11-24)20(25)28-19(18)14-9-8-13(22)10-16(14)23/h3-10,17H,2,25H2,1H3/t17-/m0/s1. The highest BCUT2D eigenvalue weighted by atomic mass is 35.5. The van der Waals surface area contributed by atoms with E-state index in [9.17, 15) is 10.1 Å². The molecule has 2 N–H and O–H groups in total. The lowest BCUT2D eigenvalue weighted by atomic mass is 9.82. The van der Waals surface area contributed by atoms with E-state index < -0.39 is 11.9 Å². The Morgan fingerprint density at radius 3 is 2.57 bits per heavy atom. The fourth-order valence-electron chi connectivity index (χ4n) is 3.03. The number of hydrogen-bond donors (Lipinski definition) is 1. The predicted octanol–water partition coefficient (Wildman–Crippen LogP) is 4.78. The van der Waals surface area contributed by atoms with Gasteiger partial charge in [-0.25, -0.2) is 4.79 Å². The highest BCUT2D eigenvalue weighted by Gasteiger charge is 2.38. The molecule has 0 saturated heterocycles. The van der Waals surface area contributed by atoms with Gasteiger partial charge in [0.2, 0.25) is 5.88 Å². The summed E-state index contributed by atoms with van der Waals surface area (Å²) in [6.45, 7) is 1.86. The molecule has 142 valence electrons. The van der Waals surface area contributed by atoms with Crippen LogP contribution in [0, 0.1) is 11.3 Å². The number of ether oxygens (including phenoxy) is 2. The molecular formula is C21H16Cl2N2O3. The van der Waals surface area contributed by atoms with Crippen molar-refractivity contribution in [3.8, 4) is 6.07 Å². The normalized spacial score (nSPS) is 16.4.